The minimum absolute atomic E-state index is 0.754. The van der Waals surface area contributed by atoms with Crippen LogP contribution in [0, 0.1) is 0 Å². The summed E-state index contributed by atoms with van der Waals surface area (Å²) in [7, 11) is 0. The smallest absolute Gasteiger partial charge is 0.00841 e. The van der Waals surface area contributed by atoms with Crippen molar-refractivity contribution in [3.63, 3.8) is 0 Å². The highest BCUT2D eigenvalue weighted by molar-refractivity contribution is 5.40. The zero-order valence-electron chi connectivity index (χ0n) is 10.3. The van der Waals surface area contributed by atoms with Crippen molar-refractivity contribution in [3.8, 4) is 0 Å². The first-order valence-electron chi connectivity index (χ1n) is 6.53. The molecule has 0 nitrogen and oxygen atoms in total. The molecule has 86 valence electrons. The average molecular weight is 222 g/mol. The van der Waals surface area contributed by atoms with E-state index in [0.717, 1.165) is 18.3 Å². The lowest BCUT2D eigenvalue weighted by atomic mass is 9.98. The SMILES string of the molecule is CCc1ccccc1[C@@H]1C[C@H]1c1ccccc1. The van der Waals surface area contributed by atoms with E-state index in [1.165, 1.54) is 17.5 Å². The maximum Gasteiger partial charge on any atom is -0.00841 e. The molecule has 0 N–H and O–H groups in total. The summed E-state index contributed by atoms with van der Waals surface area (Å²) in [6, 6.07) is 19.8. The first-order chi connectivity index (χ1) is 8.40. The summed E-state index contributed by atoms with van der Waals surface area (Å²) in [6.07, 6.45) is 2.47. The Kier molecular flexibility index (Phi) is 2.72. The number of benzene rings is 2. The predicted molar refractivity (Wildman–Crippen MR) is 72.4 cm³/mol. The molecule has 2 aromatic rings. The Morgan fingerprint density at radius 3 is 2.35 bits per heavy atom. The van der Waals surface area contributed by atoms with Crippen molar-refractivity contribution in [2.24, 2.45) is 0 Å². The highest BCUT2D eigenvalue weighted by atomic mass is 14.4. The predicted octanol–water partition coefficient (Wildman–Crippen LogP) is 4.52. The lowest BCUT2D eigenvalue weighted by Crippen LogP contribution is -1.91. The van der Waals surface area contributed by atoms with Gasteiger partial charge in [0.25, 0.3) is 0 Å². The van der Waals surface area contributed by atoms with Crippen LogP contribution in [0.15, 0.2) is 54.6 Å². The largest absolute Gasteiger partial charge is 0.0622 e. The molecule has 0 heteroatoms. The van der Waals surface area contributed by atoms with Crippen molar-refractivity contribution in [1.29, 1.82) is 0 Å². The minimum atomic E-state index is 0.754. The molecule has 1 saturated carbocycles. The summed E-state index contributed by atoms with van der Waals surface area (Å²) in [4.78, 5) is 0. The third kappa shape index (κ3) is 2.00. The zero-order chi connectivity index (χ0) is 11.7. The van der Waals surface area contributed by atoms with Gasteiger partial charge in [0.2, 0.25) is 0 Å². The van der Waals surface area contributed by atoms with Crippen LogP contribution in [0.2, 0.25) is 0 Å². The molecular weight excluding hydrogens is 204 g/mol. The van der Waals surface area contributed by atoms with Crippen molar-refractivity contribution >= 4 is 0 Å². The number of hydrogen-bond donors (Lipinski definition) is 0. The third-order valence-electron chi connectivity index (χ3n) is 3.85. The summed E-state index contributed by atoms with van der Waals surface area (Å²) in [5, 5.41) is 0. The molecule has 1 fully saturated rings. The van der Waals surface area contributed by atoms with Crippen LogP contribution in [0.4, 0.5) is 0 Å². The Labute approximate surface area is 103 Å². The summed E-state index contributed by atoms with van der Waals surface area (Å²) in [6.45, 7) is 2.25. The van der Waals surface area contributed by atoms with Crippen molar-refractivity contribution in [2.75, 3.05) is 0 Å². The van der Waals surface area contributed by atoms with Gasteiger partial charge in [-0.15, -0.1) is 0 Å². The van der Waals surface area contributed by atoms with Gasteiger partial charge < -0.3 is 0 Å². The van der Waals surface area contributed by atoms with Gasteiger partial charge in [-0.1, -0.05) is 61.5 Å². The molecule has 0 radical (unpaired) electrons. The molecule has 0 heterocycles. The monoisotopic (exact) mass is 222 g/mol. The lowest BCUT2D eigenvalue weighted by molar-refractivity contribution is 0.982. The maximum atomic E-state index is 2.31. The van der Waals surface area contributed by atoms with E-state index in [1.54, 1.807) is 5.56 Å². The van der Waals surface area contributed by atoms with E-state index in [4.69, 9.17) is 0 Å². The van der Waals surface area contributed by atoms with E-state index >= 15 is 0 Å². The standard InChI is InChI=1S/C17H18/c1-2-13-8-6-7-11-15(13)17-12-16(17)14-9-4-3-5-10-14/h3-11,16-17H,2,12H2,1H3/t16-,17-/m0/s1. The van der Waals surface area contributed by atoms with Crippen LogP contribution in [-0.4, -0.2) is 0 Å². The van der Waals surface area contributed by atoms with E-state index in [1.807, 2.05) is 0 Å². The summed E-state index contributed by atoms with van der Waals surface area (Å²) >= 11 is 0. The Balaban J connectivity index is 1.85. The van der Waals surface area contributed by atoms with Gasteiger partial charge in [0, 0.05) is 0 Å². The Morgan fingerprint density at radius 1 is 0.882 bits per heavy atom. The number of rotatable bonds is 3. The Bertz CT molecular complexity index is 498. The fraction of sp³-hybridized carbons (Fsp3) is 0.294. The molecule has 0 bridgehead atoms. The van der Waals surface area contributed by atoms with E-state index in [2.05, 4.69) is 61.5 Å². The van der Waals surface area contributed by atoms with Crippen LogP contribution in [0.1, 0.15) is 41.9 Å². The van der Waals surface area contributed by atoms with E-state index < -0.39 is 0 Å². The molecule has 3 rings (SSSR count). The van der Waals surface area contributed by atoms with Crippen LogP contribution in [-0.2, 0) is 6.42 Å². The molecule has 1 aliphatic carbocycles. The van der Waals surface area contributed by atoms with Crippen molar-refractivity contribution in [2.45, 2.75) is 31.6 Å². The highest BCUT2D eigenvalue weighted by Crippen LogP contribution is 2.55. The average Bonchev–Trinajstić information content (AvgIpc) is 3.20. The Morgan fingerprint density at radius 2 is 1.59 bits per heavy atom. The molecule has 0 amide bonds. The molecule has 1 aliphatic rings. The molecule has 17 heavy (non-hydrogen) atoms. The second kappa shape index (κ2) is 4.37. The summed E-state index contributed by atoms with van der Waals surface area (Å²) in [5.74, 6) is 1.51. The normalized spacial score (nSPS) is 22.4. The lowest BCUT2D eigenvalue weighted by Gasteiger charge is -2.07. The maximum absolute atomic E-state index is 2.31. The summed E-state index contributed by atoms with van der Waals surface area (Å²) < 4.78 is 0. The minimum Gasteiger partial charge on any atom is -0.0622 e. The quantitative estimate of drug-likeness (QED) is 0.716. The van der Waals surface area contributed by atoms with Gasteiger partial charge in [-0.3, -0.25) is 0 Å². The zero-order valence-corrected chi connectivity index (χ0v) is 10.3. The molecule has 0 saturated heterocycles. The fourth-order valence-electron chi connectivity index (χ4n) is 2.83. The van der Waals surface area contributed by atoms with Crippen LogP contribution < -0.4 is 0 Å². The second-order valence-corrected chi connectivity index (χ2v) is 4.91. The first-order valence-corrected chi connectivity index (χ1v) is 6.53. The van der Waals surface area contributed by atoms with Gasteiger partial charge in [-0.25, -0.2) is 0 Å². The van der Waals surface area contributed by atoms with Gasteiger partial charge in [0.15, 0.2) is 0 Å². The second-order valence-electron chi connectivity index (χ2n) is 4.91. The molecule has 0 aromatic heterocycles. The van der Waals surface area contributed by atoms with Crippen LogP contribution in [0.3, 0.4) is 0 Å². The summed E-state index contributed by atoms with van der Waals surface area (Å²) in [5.41, 5.74) is 4.60. The first kappa shape index (κ1) is 10.6. The van der Waals surface area contributed by atoms with Crippen LogP contribution >= 0.6 is 0 Å². The van der Waals surface area contributed by atoms with Gasteiger partial charge in [0.05, 0.1) is 0 Å². The molecule has 0 unspecified atom stereocenters. The van der Waals surface area contributed by atoms with E-state index in [9.17, 15) is 0 Å². The fourth-order valence-corrected chi connectivity index (χ4v) is 2.83. The molecule has 0 aliphatic heterocycles. The Hall–Kier alpha value is -1.56. The van der Waals surface area contributed by atoms with E-state index in [-0.39, 0.29) is 0 Å². The van der Waals surface area contributed by atoms with Gasteiger partial charge >= 0.3 is 0 Å². The molecule has 2 atom stereocenters. The van der Waals surface area contributed by atoms with Gasteiger partial charge in [-0.05, 0) is 41.4 Å². The topological polar surface area (TPSA) is 0 Å². The van der Waals surface area contributed by atoms with Gasteiger partial charge in [-0.2, -0.15) is 0 Å². The third-order valence-corrected chi connectivity index (χ3v) is 3.85. The van der Waals surface area contributed by atoms with Crippen LogP contribution in [0.25, 0.3) is 0 Å². The number of aryl methyl sites for hydroxylation is 1. The highest BCUT2D eigenvalue weighted by Gasteiger charge is 2.39. The van der Waals surface area contributed by atoms with Crippen molar-refractivity contribution in [1.82, 2.24) is 0 Å². The molecule has 2 aromatic carbocycles. The van der Waals surface area contributed by atoms with Gasteiger partial charge in [0.1, 0.15) is 0 Å². The molecule has 0 spiro atoms. The van der Waals surface area contributed by atoms with Crippen LogP contribution in [0.5, 0.6) is 0 Å². The van der Waals surface area contributed by atoms with E-state index in [0.29, 0.717) is 0 Å². The number of hydrogen-bond acceptors (Lipinski definition) is 0. The van der Waals surface area contributed by atoms with Crippen molar-refractivity contribution < 1.29 is 0 Å². The van der Waals surface area contributed by atoms with Crippen molar-refractivity contribution in [3.05, 3.63) is 71.3 Å². The molecular formula is C17H18.